The normalized spacial score (nSPS) is 14.3. The summed E-state index contributed by atoms with van der Waals surface area (Å²) in [7, 11) is 0. The smallest absolute Gasteiger partial charge is 0.210 e. The Morgan fingerprint density at radius 1 is 1.33 bits per heavy atom. The molecule has 0 radical (unpaired) electrons. The molecular formula is C7H17NO4. The van der Waals surface area contributed by atoms with Gasteiger partial charge < -0.3 is 25.4 Å². The van der Waals surface area contributed by atoms with Gasteiger partial charge >= 0.3 is 0 Å². The third kappa shape index (κ3) is 7.90. The van der Waals surface area contributed by atoms with E-state index in [2.05, 4.69) is 5.11 Å². The summed E-state index contributed by atoms with van der Waals surface area (Å²) in [4.78, 5) is 0. The molecule has 0 amide bonds. The third-order valence-electron chi connectivity index (χ3n) is 1.14. The molecular weight excluding hydrogens is 162 g/mol. The van der Waals surface area contributed by atoms with E-state index in [9.17, 15) is 0 Å². The van der Waals surface area contributed by atoms with Crippen LogP contribution in [0.3, 0.4) is 0 Å². The lowest BCUT2D eigenvalue weighted by Gasteiger charge is -2.07. The second kappa shape index (κ2) is 8.89. The highest BCUT2D eigenvalue weighted by Gasteiger charge is 2.00. The van der Waals surface area contributed by atoms with Crippen molar-refractivity contribution in [3.05, 3.63) is 0 Å². The first-order valence-electron chi connectivity index (χ1n) is 4.33. The molecule has 0 aromatic heterocycles. The highest BCUT2D eigenvalue weighted by atomic mass is 16.5. The van der Waals surface area contributed by atoms with Crippen molar-refractivity contribution in [2.24, 2.45) is 5.73 Å². The summed E-state index contributed by atoms with van der Waals surface area (Å²) in [5.41, 5.74) is 5.19. The van der Waals surface area contributed by atoms with Gasteiger partial charge in [0.15, 0.2) is 0 Å². The van der Waals surface area contributed by atoms with Gasteiger partial charge in [-0.25, -0.2) is 0 Å². The average Bonchev–Trinajstić information content (AvgIpc) is 2.11. The van der Waals surface area contributed by atoms with Crippen LogP contribution in [-0.4, -0.2) is 57.3 Å². The monoisotopic (exact) mass is 180 g/mol. The molecule has 0 saturated heterocycles. The molecule has 1 atom stereocenters. The van der Waals surface area contributed by atoms with E-state index >= 15 is 0 Å². The van der Waals surface area contributed by atoms with Gasteiger partial charge in [0.05, 0.1) is 33.0 Å². The van der Waals surface area contributed by atoms with Gasteiger partial charge in [0.1, 0.15) is 6.10 Å². The van der Waals surface area contributed by atoms with Gasteiger partial charge in [0.2, 0.25) is 1.43 Å². The van der Waals surface area contributed by atoms with E-state index in [1.54, 1.807) is 0 Å². The predicted molar refractivity (Wildman–Crippen MR) is 43.8 cm³/mol. The molecule has 1 unspecified atom stereocenters. The highest BCUT2D eigenvalue weighted by Crippen LogP contribution is 1.83. The van der Waals surface area contributed by atoms with Gasteiger partial charge in [-0.1, -0.05) is 0 Å². The Bertz CT molecular complexity index is 106. The Balaban J connectivity index is 2.97. The number of rotatable bonds is 9. The van der Waals surface area contributed by atoms with Crippen LogP contribution in [0.25, 0.3) is 0 Å². The lowest BCUT2D eigenvalue weighted by Crippen LogP contribution is -2.21. The first kappa shape index (κ1) is 9.88. The molecule has 0 spiro atoms. The summed E-state index contributed by atoms with van der Waals surface area (Å²) < 4.78 is 16.4. The first-order valence-corrected chi connectivity index (χ1v) is 3.93. The topological polar surface area (TPSA) is 84.9 Å². The Morgan fingerprint density at radius 3 is 2.75 bits per heavy atom. The van der Waals surface area contributed by atoms with Crippen LogP contribution in [-0.2, 0) is 9.47 Å². The molecule has 0 aliphatic rings. The van der Waals surface area contributed by atoms with E-state index in [0.717, 1.165) is 0 Å². The number of aliphatic hydroxyl groups excluding tert-OH is 2. The van der Waals surface area contributed by atoms with E-state index in [4.69, 9.17) is 21.7 Å². The van der Waals surface area contributed by atoms with Crippen LogP contribution in [0.2, 0.25) is 0 Å². The Kier molecular flexibility index (Phi) is 7.33. The van der Waals surface area contributed by atoms with Crippen molar-refractivity contribution in [3.8, 4) is 0 Å². The summed E-state index contributed by atoms with van der Waals surface area (Å²) in [6.45, 7) is 2.01. The predicted octanol–water partition coefficient (Wildman–Crippen LogP) is -1.67. The summed E-state index contributed by atoms with van der Waals surface area (Å²) in [5, 5.41) is 13.0. The third-order valence-corrected chi connectivity index (χ3v) is 1.14. The zero-order valence-electron chi connectivity index (χ0n) is 8.07. The first-order chi connectivity index (χ1) is 6.31. The molecule has 5 heteroatoms. The van der Waals surface area contributed by atoms with Gasteiger partial charge in [0, 0.05) is 6.54 Å². The van der Waals surface area contributed by atoms with Crippen molar-refractivity contribution in [2.75, 3.05) is 39.6 Å². The molecule has 0 saturated carbocycles. The summed E-state index contributed by atoms with van der Waals surface area (Å²) in [5.74, 6) is 0. The minimum atomic E-state index is -0.744. The van der Waals surface area contributed by atoms with Crippen LogP contribution in [0.1, 0.15) is 0 Å². The van der Waals surface area contributed by atoms with Crippen LogP contribution in [0.4, 0.5) is 0 Å². The van der Waals surface area contributed by atoms with Crippen LogP contribution >= 0.6 is 0 Å². The molecule has 0 rings (SSSR count). The summed E-state index contributed by atoms with van der Waals surface area (Å²) >= 11 is 0. The van der Waals surface area contributed by atoms with E-state index in [1.165, 1.54) is 0 Å². The van der Waals surface area contributed by atoms with Crippen LogP contribution in [0, 0.1) is 0 Å². The average molecular weight is 180 g/mol. The largest absolute Gasteiger partial charge is 0.394 e. The van der Waals surface area contributed by atoms with Gasteiger partial charge in [-0.15, -0.1) is 0 Å². The molecule has 0 aliphatic carbocycles. The fourth-order valence-electron chi connectivity index (χ4n) is 0.571. The molecule has 0 aromatic carbocycles. The van der Waals surface area contributed by atoms with Crippen molar-refractivity contribution < 1.29 is 19.7 Å². The maximum atomic E-state index is 9.02. The summed E-state index contributed by atoms with van der Waals surface area (Å²) in [6, 6.07) is 0. The minimum Gasteiger partial charge on any atom is -0.394 e. The lowest BCUT2D eigenvalue weighted by atomic mass is 10.4. The van der Waals surface area contributed by atoms with Crippen molar-refractivity contribution >= 4 is 0 Å². The molecule has 74 valence electrons. The quantitative estimate of drug-likeness (QED) is 0.369. The zero-order valence-corrected chi connectivity index (χ0v) is 7.07. The Hall–Kier alpha value is -0.200. The van der Waals surface area contributed by atoms with Crippen molar-refractivity contribution in [1.29, 1.82) is 1.43 Å². The number of ether oxygens (including phenoxy) is 2. The maximum absolute atomic E-state index is 9.02. The Morgan fingerprint density at radius 2 is 2.08 bits per heavy atom. The zero-order chi connectivity index (χ0) is 9.94. The van der Waals surface area contributed by atoms with Gasteiger partial charge in [-0.2, -0.15) is 0 Å². The van der Waals surface area contributed by atoms with Crippen molar-refractivity contribution in [1.82, 2.24) is 0 Å². The van der Waals surface area contributed by atoms with Crippen molar-refractivity contribution in [3.63, 3.8) is 0 Å². The molecule has 0 fully saturated rings. The number of hydrogen-bond donors (Lipinski definition) is 3. The fraction of sp³-hybridized carbons (Fsp3) is 1.00. The van der Waals surface area contributed by atoms with Crippen LogP contribution in [0.15, 0.2) is 0 Å². The minimum absolute atomic E-state index is 0.0380. The van der Waals surface area contributed by atoms with Gasteiger partial charge in [0.25, 0.3) is 0 Å². The maximum Gasteiger partial charge on any atom is 0.210 e. The second-order valence-corrected chi connectivity index (χ2v) is 2.30. The van der Waals surface area contributed by atoms with E-state index in [0.29, 0.717) is 26.4 Å². The summed E-state index contributed by atoms with van der Waals surface area (Å²) in [6.07, 6.45) is -0.744. The van der Waals surface area contributed by atoms with Gasteiger partial charge in [-0.3, -0.25) is 0 Å². The van der Waals surface area contributed by atoms with Crippen LogP contribution in [0.5, 0.6) is 0 Å². The Labute approximate surface area is 73.6 Å². The molecule has 0 aliphatic heterocycles. The lowest BCUT2D eigenvalue weighted by molar-refractivity contribution is -0.0139. The molecule has 12 heavy (non-hydrogen) atoms. The fourth-order valence-corrected chi connectivity index (χ4v) is 0.571. The van der Waals surface area contributed by atoms with Crippen molar-refractivity contribution in [2.45, 2.75) is 6.10 Å². The molecule has 4 N–H and O–H groups in total. The van der Waals surface area contributed by atoms with Gasteiger partial charge in [-0.05, 0) is 0 Å². The highest BCUT2D eigenvalue weighted by molar-refractivity contribution is 4.48. The van der Waals surface area contributed by atoms with E-state index < -0.39 is 6.10 Å². The molecule has 0 heterocycles. The number of nitrogens with two attached hydrogens (primary N) is 1. The number of aliphatic hydroxyl groups is 2. The molecule has 5 nitrogen and oxygen atoms in total. The van der Waals surface area contributed by atoms with E-state index in [1.807, 2.05) is 0 Å². The van der Waals surface area contributed by atoms with Crippen LogP contribution < -0.4 is 5.73 Å². The molecule has 0 bridgehead atoms. The number of hydrogen-bond acceptors (Lipinski definition) is 5. The van der Waals surface area contributed by atoms with E-state index in [-0.39, 0.29) is 13.2 Å². The SMILES string of the molecule is [2H]OCC(O)COCCOCCN. The molecule has 0 aromatic rings. The standard InChI is InChI=1S/C7H17NO4/c8-1-2-11-3-4-12-6-7(10)5-9/h7,9-10H,1-6,8H2/i9D. The second-order valence-electron chi connectivity index (χ2n) is 2.30.